The van der Waals surface area contributed by atoms with Crippen molar-refractivity contribution in [3.05, 3.63) is 47.6 Å². The Kier molecular flexibility index (Phi) is 6.55. The van der Waals surface area contributed by atoms with Crippen molar-refractivity contribution in [2.24, 2.45) is 5.92 Å². The third kappa shape index (κ3) is 5.11. The summed E-state index contributed by atoms with van der Waals surface area (Å²) < 4.78 is 16.5. The molecule has 6 heteroatoms. The van der Waals surface area contributed by atoms with Crippen LogP contribution in [0.15, 0.2) is 34.9 Å². The van der Waals surface area contributed by atoms with Crippen molar-refractivity contribution >= 4 is 0 Å². The smallest absolute Gasteiger partial charge is 0.244 e. The molecule has 0 amide bonds. The summed E-state index contributed by atoms with van der Waals surface area (Å²) >= 11 is 0. The summed E-state index contributed by atoms with van der Waals surface area (Å²) in [5.74, 6) is 1.75. The van der Waals surface area contributed by atoms with Crippen molar-refractivity contribution in [3.63, 3.8) is 0 Å². The molecule has 1 aliphatic heterocycles. The van der Waals surface area contributed by atoms with Gasteiger partial charge in [-0.2, -0.15) is 4.98 Å². The number of rotatable bonds is 8. The molecule has 2 aromatic rings. The number of methoxy groups -OCH3 is 1. The average molecular weight is 345 g/mol. The molecule has 1 aromatic carbocycles. The summed E-state index contributed by atoms with van der Waals surface area (Å²) in [5, 5.41) is 7.71. The largest absolute Gasteiger partial charge is 0.383 e. The molecule has 1 saturated heterocycles. The Labute approximate surface area is 148 Å². The van der Waals surface area contributed by atoms with Crippen LogP contribution in [-0.2, 0) is 15.9 Å². The number of ether oxygens (including phenoxy) is 2. The molecule has 1 aromatic heterocycles. The lowest BCUT2D eigenvalue weighted by atomic mass is 9.90. The highest BCUT2D eigenvalue weighted by atomic mass is 16.5. The quantitative estimate of drug-likeness (QED) is 0.793. The Morgan fingerprint density at radius 3 is 2.64 bits per heavy atom. The molecule has 1 N–H and O–H groups in total. The maximum atomic E-state index is 5.52. The van der Waals surface area contributed by atoms with Gasteiger partial charge in [-0.05, 0) is 37.7 Å². The highest BCUT2D eigenvalue weighted by Gasteiger charge is 2.31. The maximum absolute atomic E-state index is 5.52. The lowest BCUT2D eigenvalue weighted by Gasteiger charge is -2.31. The van der Waals surface area contributed by atoms with Crippen molar-refractivity contribution in [1.82, 2.24) is 15.5 Å². The number of hydrogen-bond acceptors (Lipinski definition) is 6. The van der Waals surface area contributed by atoms with E-state index in [9.17, 15) is 0 Å². The molecule has 3 rings (SSSR count). The van der Waals surface area contributed by atoms with Gasteiger partial charge in [-0.15, -0.1) is 0 Å². The predicted octanol–water partition coefficient (Wildman–Crippen LogP) is 2.69. The second-order valence-electron chi connectivity index (χ2n) is 6.62. The van der Waals surface area contributed by atoms with Crippen LogP contribution in [-0.4, -0.2) is 43.1 Å². The molecule has 0 radical (unpaired) electrons. The van der Waals surface area contributed by atoms with Crippen LogP contribution in [0.5, 0.6) is 0 Å². The van der Waals surface area contributed by atoms with E-state index in [4.69, 9.17) is 14.0 Å². The number of nitrogens with one attached hydrogen (secondary N) is 1. The zero-order chi connectivity index (χ0) is 17.5. The molecule has 1 fully saturated rings. The van der Waals surface area contributed by atoms with Gasteiger partial charge in [-0.3, -0.25) is 0 Å². The monoisotopic (exact) mass is 345 g/mol. The van der Waals surface area contributed by atoms with Crippen molar-refractivity contribution < 1.29 is 14.0 Å². The molecule has 25 heavy (non-hydrogen) atoms. The second-order valence-corrected chi connectivity index (χ2v) is 6.62. The fourth-order valence-corrected chi connectivity index (χ4v) is 3.42. The molecule has 2 atom stereocenters. The minimum atomic E-state index is 0.0222. The SMILES string of the molecule is COC[C@@H](Cc1ccccc1)N[C@@H](c1nc(C)no1)C1CCOCC1. The number of aromatic nitrogens is 2. The van der Waals surface area contributed by atoms with E-state index in [0.29, 0.717) is 24.2 Å². The van der Waals surface area contributed by atoms with Crippen molar-refractivity contribution in [1.29, 1.82) is 0 Å². The van der Waals surface area contributed by atoms with Crippen LogP contribution >= 0.6 is 0 Å². The van der Waals surface area contributed by atoms with E-state index in [-0.39, 0.29) is 12.1 Å². The van der Waals surface area contributed by atoms with Crippen LogP contribution in [0, 0.1) is 12.8 Å². The first-order valence-electron chi connectivity index (χ1n) is 8.93. The molecular weight excluding hydrogens is 318 g/mol. The van der Waals surface area contributed by atoms with Crippen molar-refractivity contribution in [3.8, 4) is 0 Å². The topological polar surface area (TPSA) is 69.4 Å². The first kappa shape index (κ1) is 18.0. The zero-order valence-electron chi connectivity index (χ0n) is 15.0. The van der Waals surface area contributed by atoms with Crippen LogP contribution in [0.4, 0.5) is 0 Å². The Balaban J connectivity index is 1.75. The highest BCUT2D eigenvalue weighted by Crippen LogP contribution is 2.30. The van der Waals surface area contributed by atoms with Crippen molar-refractivity contribution in [2.75, 3.05) is 26.9 Å². The van der Waals surface area contributed by atoms with Crippen molar-refractivity contribution in [2.45, 2.75) is 38.3 Å². The first-order chi connectivity index (χ1) is 12.3. The summed E-state index contributed by atoms with van der Waals surface area (Å²) in [5.41, 5.74) is 1.28. The highest BCUT2D eigenvalue weighted by molar-refractivity contribution is 5.16. The molecule has 0 spiro atoms. The van der Waals surface area contributed by atoms with Gasteiger partial charge in [0, 0.05) is 26.4 Å². The van der Waals surface area contributed by atoms with E-state index in [0.717, 1.165) is 32.5 Å². The molecule has 0 saturated carbocycles. The maximum Gasteiger partial charge on any atom is 0.244 e. The fourth-order valence-electron chi connectivity index (χ4n) is 3.42. The average Bonchev–Trinajstić information content (AvgIpc) is 3.07. The van der Waals surface area contributed by atoms with Crippen LogP contribution in [0.25, 0.3) is 0 Å². The van der Waals surface area contributed by atoms with Gasteiger partial charge in [0.1, 0.15) is 0 Å². The molecule has 0 aliphatic carbocycles. The summed E-state index contributed by atoms with van der Waals surface area (Å²) in [7, 11) is 1.74. The van der Waals surface area contributed by atoms with Gasteiger partial charge >= 0.3 is 0 Å². The van der Waals surface area contributed by atoms with E-state index < -0.39 is 0 Å². The summed E-state index contributed by atoms with van der Waals surface area (Å²) in [6, 6.07) is 10.7. The van der Waals surface area contributed by atoms with Crippen LogP contribution < -0.4 is 5.32 Å². The van der Waals surface area contributed by atoms with Crippen LogP contribution in [0.1, 0.15) is 36.2 Å². The lowest BCUT2D eigenvalue weighted by Crippen LogP contribution is -2.42. The summed E-state index contributed by atoms with van der Waals surface area (Å²) in [6.45, 7) is 4.04. The van der Waals surface area contributed by atoms with Gasteiger partial charge in [0.05, 0.1) is 12.6 Å². The van der Waals surface area contributed by atoms with Crippen LogP contribution in [0.3, 0.4) is 0 Å². The number of aryl methyl sites for hydroxylation is 1. The predicted molar refractivity (Wildman–Crippen MR) is 94.3 cm³/mol. The van der Waals surface area contributed by atoms with E-state index in [1.807, 2.05) is 13.0 Å². The molecule has 0 unspecified atom stereocenters. The van der Waals surface area contributed by atoms with E-state index >= 15 is 0 Å². The van der Waals surface area contributed by atoms with Gasteiger partial charge in [-0.25, -0.2) is 0 Å². The normalized spacial score (nSPS) is 18.2. The first-order valence-corrected chi connectivity index (χ1v) is 8.93. The van der Waals surface area contributed by atoms with E-state index in [2.05, 4.69) is 39.7 Å². The molecule has 0 bridgehead atoms. The van der Waals surface area contributed by atoms with Gasteiger partial charge in [0.25, 0.3) is 0 Å². The Morgan fingerprint density at radius 2 is 2.00 bits per heavy atom. The minimum absolute atomic E-state index is 0.0222. The van der Waals surface area contributed by atoms with E-state index in [1.165, 1.54) is 5.56 Å². The summed E-state index contributed by atoms with van der Waals surface area (Å²) in [6.07, 6.45) is 2.87. The Morgan fingerprint density at radius 1 is 1.24 bits per heavy atom. The number of nitrogens with zero attached hydrogens (tertiary/aromatic N) is 2. The van der Waals surface area contributed by atoms with Crippen LogP contribution in [0.2, 0.25) is 0 Å². The standard InChI is InChI=1S/C19H27N3O3/c1-14-20-19(25-22-14)18(16-8-10-24-11-9-16)21-17(13-23-2)12-15-6-4-3-5-7-15/h3-7,16-18,21H,8-13H2,1-2H3/t17-,18-/m1/s1. The summed E-state index contributed by atoms with van der Waals surface area (Å²) in [4.78, 5) is 4.48. The Bertz CT molecular complexity index is 626. The molecule has 136 valence electrons. The number of benzene rings is 1. The fraction of sp³-hybridized carbons (Fsp3) is 0.579. The molecule has 2 heterocycles. The van der Waals surface area contributed by atoms with E-state index in [1.54, 1.807) is 7.11 Å². The minimum Gasteiger partial charge on any atom is -0.383 e. The lowest BCUT2D eigenvalue weighted by molar-refractivity contribution is 0.0435. The van der Waals surface area contributed by atoms with Gasteiger partial charge < -0.3 is 19.3 Å². The second kappa shape index (κ2) is 9.08. The third-order valence-corrected chi connectivity index (χ3v) is 4.65. The molecule has 6 nitrogen and oxygen atoms in total. The zero-order valence-corrected chi connectivity index (χ0v) is 15.0. The van der Waals surface area contributed by atoms with Gasteiger partial charge in [0.15, 0.2) is 5.82 Å². The molecular formula is C19H27N3O3. The third-order valence-electron chi connectivity index (χ3n) is 4.65. The Hall–Kier alpha value is -1.76. The van der Waals surface area contributed by atoms with Gasteiger partial charge in [-0.1, -0.05) is 35.5 Å². The molecule has 1 aliphatic rings. The van der Waals surface area contributed by atoms with Gasteiger partial charge in [0.2, 0.25) is 5.89 Å². The number of hydrogen-bond donors (Lipinski definition) is 1.